The Hall–Kier alpha value is -3.31. The summed E-state index contributed by atoms with van der Waals surface area (Å²) in [6.07, 6.45) is 5.81. The third-order valence-electron chi connectivity index (χ3n) is 7.52. The Kier molecular flexibility index (Phi) is 7.35. The van der Waals surface area contributed by atoms with Gasteiger partial charge in [-0.05, 0) is 68.4 Å². The third-order valence-corrected chi connectivity index (χ3v) is 9.05. The highest BCUT2D eigenvalue weighted by Gasteiger charge is 2.26. The van der Waals surface area contributed by atoms with Gasteiger partial charge in [0.05, 0.1) is 22.5 Å². The quantitative estimate of drug-likeness (QED) is 0.289. The molecule has 10 heteroatoms. The Bertz CT molecular complexity index is 1530. The normalized spacial score (nSPS) is 21.8. The van der Waals surface area contributed by atoms with Crippen LogP contribution in [0.1, 0.15) is 38.5 Å². The lowest BCUT2D eigenvalue weighted by Gasteiger charge is -2.26. The minimum atomic E-state index is -3.69. The molecule has 3 N–H and O–H groups in total. The van der Waals surface area contributed by atoms with E-state index in [9.17, 15) is 13.5 Å². The molecule has 6 rings (SSSR count). The van der Waals surface area contributed by atoms with Crippen LogP contribution in [0.5, 0.6) is 0 Å². The van der Waals surface area contributed by atoms with E-state index in [4.69, 9.17) is 9.15 Å². The van der Waals surface area contributed by atoms with E-state index in [0.29, 0.717) is 49.5 Å². The zero-order chi connectivity index (χ0) is 26.8. The van der Waals surface area contributed by atoms with E-state index in [2.05, 4.69) is 20.0 Å². The maximum atomic E-state index is 13.1. The molecular formula is C29H32N4O5S. The molecule has 0 amide bonds. The highest BCUT2D eigenvalue weighted by atomic mass is 32.2. The number of anilines is 1. The Labute approximate surface area is 227 Å². The van der Waals surface area contributed by atoms with Crippen molar-refractivity contribution in [3.63, 3.8) is 0 Å². The van der Waals surface area contributed by atoms with Crippen LogP contribution in [0.2, 0.25) is 0 Å². The topological polar surface area (TPSA) is 127 Å². The fourth-order valence-electron chi connectivity index (χ4n) is 5.43. The number of aliphatic hydroxyl groups excluding tert-OH is 1. The van der Waals surface area contributed by atoms with Crippen molar-refractivity contribution in [1.82, 2.24) is 14.7 Å². The Balaban J connectivity index is 1.34. The Morgan fingerprint density at radius 2 is 1.69 bits per heavy atom. The summed E-state index contributed by atoms with van der Waals surface area (Å²) < 4.78 is 41.0. The third kappa shape index (κ3) is 5.56. The van der Waals surface area contributed by atoms with Crippen molar-refractivity contribution >= 4 is 26.9 Å². The maximum Gasteiger partial charge on any atom is 0.240 e. The molecule has 3 heterocycles. The van der Waals surface area contributed by atoms with Gasteiger partial charge in [0, 0.05) is 30.3 Å². The average molecular weight is 549 g/mol. The molecule has 2 aromatic carbocycles. The summed E-state index contributed by atoms with van der Waals surface area (Å²) in [7, 11) is -3.69. The summed E-state index contributed by atoms with van der Waals surface area (Å²) in [6.45, 7) is 1.42. The fourth-order valence-corrected chi connectivity index (χ4v) is 6.74. The number of furan rings is 1. The largest absolute Gasteiger partial charge is 0.437 e. The van der Waals surface area contributed by atoms with Gasteiger partial charge in [0.15, 0.2) is 0 Å². The minimum Gasteiger partial charge on any atom is -0.437 e. The summed E-state index contributed by atoms with van der Waals surface area (Å²) in [5.41, 5.74) is 2.97. The number of aromatic nitrogens is 2. The second-order valence-corrected chi connectivity index (χ2v) is 12.0. The van der Waals surface area contributed by atoms with E-state index in [1.807, 2.05) is 30.3 Å². The van der Waals surface area contributed by atoms with Gasteiger partial charge in [0.25, 0.3) is 0 Å². The molecule has 1 saturated heterocycles. The molecule has 1 aliphatic carbocycles. The number of hydrogen-bond acceptors (Lipinski definition) is 8. The predicted molar refractivity (Wildman–Crippen MR) is 149 cm³/mol. The number of rotatable bonds is 8. The number of sulfonamides is 1. The van der Waals surface area contributed by atoms with Crippen LogP contribution >= 0.6 is 0 Å². The Morgan fingerprint density at radius 1 is 0.923 bits per heavy atom. The second kappa shape index (κ2) is 11.1. The summed E-state index contributed by atoms with van der Waals surface area (Å²) in [4.78, 5) is 9.12. The number of hydrogen-bond donors (Lipinski definition) is 3. The fraction of sp³-hybridized carbons (Fsp3) is 0.379. The van der Waals surface area contributed by atoms with E-state index in [0.717, 1.165) is 41.5 Å². The number of nitrogens with one attached hydrogen (secondary N) is 2. The van der Waals surface area contributed by atoms with Crippen LogP contribution < -0.4 is 10.0 Å². The zero-order valence-corrected chi connectivity index (χ0v) is 22.4. The van der Waals surface area contributed by atoms with E-state index < -0.39 is 10.0 Å². The molecule has 9 nitrogen and oxygen atoms in total. The summed E-state index contributed by atoms with van der Waals surface area (Å²) >= 11 is 0. The number of fused-ring (bicyclic) bond motifs is 1. The number of benzene rings is 2. The molecular weight excluding hydrogens is 516 g/mol. The molecule has 1 aliphatic heterocycles. The average Bonchev–Trinajstić information content (AvgIpc) is 3.62. The molecule has 1 unspecified atom stereocenters. The molecule has 0 radical (unpaired) electrons. The molecule has 2 fully saturated rings. The van der Waals surface area contributed by atoms with Gasteiger partial charge in [0.1, 0.15) is 17.9 Å². The molecule has 2 aromatic heterocycles. The van der Waals surface area contributed by atoms with E-state index >= 15 is 0 Å². The molecule has 204 valence electrons. The standard InChI is InChI=1S/C29H32N4O5S/c34-22-12-10-21(11-13-22)33-39(35,36)24-14-8-20(9-15-24)27-25(19-5-2-1-3-6-19)26-28(31-18-32-29(26)38-27)30-17-23-7-4-16-37-23/h1-3,5-6,8-9,14-15,18,21-23,33-34H,4,7,10-13,16-17H2,(H,30,31,32). The molecule has 0 bridgehead atoms. The van der Waals surface area contributed by atoms with Gasteiger partial charge < -0.3 is 19.6 Å². The first-order valence-corrected chi connectivity index (χ1v) is 15.0. The van der Waals surface area contributed by atoms with Crippen molar-refractivity contribution < 1.29 is 22.7 Å². The SMILES string of the molecule is O=S(=O)(NC1CCC(O)CC1)c1ccc(-c2oc3ncnc(NCC4CCCO4)c3c2-c2ccccc2)cc1. The van der Waals surface area contributed by atoms with Crippen LogP contribution in [0.25, 0.3) is 33.6 Å². The Morgan fingerprint density at radius 3 is 2.41 bits per heavy atom. The van der Waals surface area contributed by atoms with Gasteiger partial charge in [-0.25, -0.2) is 23.1 Å². The number of nitrogens with zero attached hydrogens (tertiary/aromatic N) is 2. The van der Waals surface area contributed by atoms with Crippen LogP contribution in [0.15, 0.2) is 70.2 Å². The molecule has 39 heavy (non-hydrogen) atoms. The minimum absolute atomic E-state index is 0.142. The van der Waals surface area contributed by atoms with Crippen LogP contribution in [-0.2, 0) is 14.8 Å². The number of ether oxygens (including phenoxy) is 1. The lowest BCUT2D eigenvalue weighted by atomic mass is 9.94. The van der Waals surface area contributed by atoms with Crippen LogP contribution in [0.4, 0.5) is 5.82 Å². The van der Waals surface area contributed by atoms with Gasteiger partial charge in [-0.1, -0.05) is 30.3 Å². The lowest BCUT2D eigenvalue weighted by Crippen LogP contribution is -2.38. The second-order valence-electron chi connectivity index (χ2n) is 10.2. The van der Waals surface area contributed by atoms with Crippen molar-refractivity contribution in [2.45, 2.75) is 61.7 Å². The summed E-state index contributed by atoms with van der Waals surface area (Å²) in [5.74, 6) is 1.26. The van der Waals surface area contributed by atoms with Gasteiger partial charge in [-0.3, -0.25) is 0 Å². The molecule has 1 atom stereocenters. The first-order chi connectivity index (χ1) is 19.0. The zero-order valence-electron chi connectivity index (χ0n) is 21.5. The highest BCUT2D eigenvalue weighted by molar-refractivity contribution is 7.89. The van der Waals surface area contributed by atoms with E-state index in [-0.39, 0.29) is 23.1 Å². The van der Waals surface area contributed by atoms with Crippen molar-refractivity contribution in [2.75, 3.05) is 18.5 Å². The summed E-state index contributed by atoms with van der Waals surface area (Å²) in [5, 5.41) is 13.9. The van der Waals surface area contributed by atoms with Gasteiger partial charge in [-0.2, -0.15) is 0 Å². The first kappa shape index (κ1) is 25.9. The molecule has 1 saturated carbocycles. The van der Waals surface area contributed by atoms with Crippen molar-refractivity contribution in [3.8, 4) is 22.5 Å². The van der Waals surface area contributed by atoms with Gasteiger partial charge in [0.2, 0.25) is 15.7 Å². The smallest absolute Gasteiger partial charge is 0.240 e. The van der Waals surface area contributed by atoms with Gasteiger partial charge >= 0.3 is 0 Å². The van der Waals surface area contributed by atoms with Crippen molar-refractivity contribution in [3.05, 3.63) is 60.9 Å². The summed E-state index contributed by atoms with van der Waals surface area (Å²) in [6, 6.07) is 16.4. The van der Waals surface area contributed by atoms with Crippen molar-refractivity contribution in [1.29, 1.82) is 0 Å². The highest BCUT2D eigenvalue weighted by Crippen LogP contribution is 2.42. The molecule has 2 aliphatic rings. The van der Waals surface area contributed by atoms with E-state index in [1.165, 1.54) is 6.33 Å². The first-order valence-electron chi connectivity index (χ1n) is 13.5. The molecule has 4 aromatic rings. The maximum absolute atomic E-state index is 13.1. The van der Waals surface area contributed by atoms with Crippen LogP contribution in [-0.4, -0.2) is 54.9 Å². The van der Waals surface area contributed by atoms with Gasteiger partial charge in [-0.15, -0.1) is 0 Å². The molecule has 0 spiro atoms. The number of aliphatic hydroxyl groups is 1. The van der Waals surface area contributed by atoms with Crippen molar-refractivity contribution in [2.24, 2.45) is 0 Å². The van der Waals surface area contributed by atoms with Crippen LogP contribution in [0.3, 0.4) is 0 Å². The van der Waals surface area contributed by atoms with Crippen LogP contribution in [0, 0.1) is 0 Å². The lowest BCUT2D eigenvalue weighted by molar-refractivity contribution is 0.120. The van der Waals surface area contributed by atoms with E-state index in [1.54, 1.807) is 24.3 Å². The predicted octanol–water partition coefficient (Wildman–Crippen LogP) is 4.73. The monoisotopic (exact) mass is 548 g/mol.